The van der Waals surface area contributed by atoms with Crippen LogP contribution in [0.1, 0.15) is 51.2 Å². The lowest BCUT2D eigenvalue weighted by atomic mass is 9.96. The van der Waals surface area contributed by atoms with E-state index in [0.29, 0.717) is 18.5 Å². The second-order valence-corrected chi connectivity index (χ2v) is 11.5. The number of carbonyl (C=O) groups is 5. The van der Waals surface area contributed by atoms with Crippen molar-refractivity contribution in [1.82, 2.24) is 21.3 Å². The summed E-state index contributed by atoms with van der Waals surface area (Å²) in [5, 5.41) is 11.0. The normalized spacial score (nSPS) is 16.3. The van der Waals surface area contributed by atoms with Crippen molar-refractivity contribution in [2.24, 2.45) is 11.8 Å². The number of halogens is 1. The Kier molecular flexibility index (Phi) is 14.2. The summed E-state index contributed by atoms with van der Waals surface area (Å²) in [6.07, 6.45) is 2.95. The number of nitrogens with one attached hydrogen (secondary N) is 4. The van der Waals surface area contributed by atoms with Gasteiger partial charge in [0, 0.05) is 31.0 Å². The molecule has 248 valence electrons. The highest BCUT2D eigenvalue weighted by Gasteiger charge is 2.31. The third-order valence-electron chi connectivity index (χ3n) is 7.29. The minimum absolute atomic E-state index is 0.00423. The molecule has 1 aliphatic heterocycles. The molecule has 3 rings (SSSR count). The molecule has 11 nitrogen and oxygen atoms in total. The van der Waals surface area contributed by atoms with Gasteiger partial charge in [-0.3, -0.25) is 14.4 Å². The van der Waals surface area contributed by atoms with Gasteiger partial charge in [-0.1, -0.05) is 62.4 Å². The summed E-state index contributed by atoms with van der Waals surface area (Å²) < 4.78 is 23.8. The Morgan fingerprint density at radius 1 is 0.935 bits per heavy atom. The lowest BCUT2D eigenvalue weighted by Crippen LogP contribution is -2.55. The van der Waals surface area contributed by atoms with Crippen LogP contribution in [0.5, 0.6) is 0 Å². The number of alkyl carbamates (subject to hydrolysis) is 1. The van der Waals surface area contributed by atoms with Gasteiger partial charge in [0.15, 0.2) is 0 Å². The molecular formula is C34H43FN4O7. The van der Waals surface area contributed by atoms with Crippen LogP contribution in [0.15, 0.2) is 66.7 Å². The summed E-state index contributed by atoms with van der Waals surface area (Å²) in [7, 11) is 0. The van der Waals surface area contributed by atoms with Crippen molar-refractivity contribution >= 4 is 29.8 Å². The van der Waals surface area contributed by atoms with Gasteiger partial charge in [0.2, 0.25) is 17.7 Å². The van der Waals surface area contributed by atoms with Crippen LogP contribution in [0.25, 0.3) is 0 Å². The third-order valence-corrected chi connectivity index (χ3v) is 7.29. The van der Waals surface area contributed by atoms with E-state index in [1.807, 2.05) is 19.9 Å². The van der Waals surface area contributed by atoms with Crippen LogP contribution in [0.3, 0.4) is 0 Å². The predicted octanol–water partition coefficient (Wildman–Crippen LogP) is 3.32. The van der Waals surface area contributed by atoms with Crippen LogP contribution in [0.2, 0.25) is 0 Å². The van der Waals surface area contributed by atoms with Gasteiger partial charge in [-0.05, 0) is 55.4 Å². The zero-order chi connectivity index (χ0) is 33.5. The van der Waals surface area contributed by atoms with Gasteiger partial charge in [-0.25, -0.2) is 14.0 Å². The number of ether oxygens (including phenoxy) is 2. The molecule has 12 heteroatoms. The number of benzene rings is 2. The molecule has 4 N–H and O–H groups in total. The lowest BCUT2D eigenvalue weighted by molar-refractivity contribution is -0.137. The molecule has 4 amide bonds. The summed E-state index contributed by atoms with van der Waals surface area (Å²) in [6, 6.07) is 11.7. The van der Waals surface area contributed by atoms with E-state index in [1.54, 1.807) is 31.2 Å². The second-order valence-electron chi connectivity index (χ2n) is 11.5. The molecule has 0 aromatic heterocycles. The van der Waals surface area contributed by atoms with Crippen molar-refractivity contribution in [2.45, 2.75) is 71.2 Å². The van der Waals surface area contributed by atoms with Crippen molar-refractivity contribution in [1.29, 1.82) is 0 Å². The predicted molar refractivity (Wildman–Crippen MR) is 168 cm³/mol. The van der Waals surface area contributed by atoms with Crippen LogP contribution in [-0.4, -0.2) is 61.1 Å². The Morgan fingerprint density at radius 3 is 2.26 bits per heavy atom. The molecule has 1 fully saturated rings. The fourth-order valence-electron chi connectivity index (χ4n) is 4.98. The Hall–Kier alpha value is -4.74. The van der Waals surface area contributed by atoms with E-state index in [9.17, 15) is 28.4 Å². The molecule has 2 aromatic rings. The fourth-order valence-corrected chi connectivity index (χ4v) is 4.98. The monoisotopic (exact) mass is 638 g/mol. The SMILES string of the molecule is CCOC(=O)/C=C/[C@H](C[C@@H]1CCNC1=O)NC(=O)[C@H](CC(C)C)NC(=O)[C@H](Cc1ccc(F)cc1)NC(=O)OCc1ccccc1. The van der Waals surface area contributed by atoms with Crippen molar-refractivity contribution in [2.75, 3.05) is 13.2 Å². The Balaban J connectivity index is 1.76. The number of amides is 4. The second kappa shape index (κ2) is 18.3. The molecule has 1 heterocycles. The molecule has 0 bridgehead atoms. The molecule has 1 aliphatic rings. The minimum Gasteiger partial charge on any atom is -0.463 e. The van der Waals surface area contributed by atoms with Gasteiger partial charge in [0.05, 0.1) is 6.61 Å². The van der Waals surface area contributed by atoms with Crippen molar-refractivity contribution in [3.05, 3.63) is 83.7 Å². The summed E-state index contributed by atoms with van der Waals surface area (Å²) in [6.45, 7) is 6.14. The number of hydrogen-bond donors (Lipinski definition) is 4. The van der Waals surface area contributed by atoms with E-state index >= 15 is 0 Å². The van der Waals surface area contributed by atoms with Crippen LogP contribution in [0, 0.1) is 17.7 Å². The molecule has 0 spiro atoms. The summed E-state index contributed by atoms with van der Waals surface area (Å²) in [5.41, 5.74) is 1.33. The molecule has 0 saturated carbocycles. The fraction of sp³-hybridized carbons (Fsp3) is 0.441. The molecule has 4 atom stereocenters. The van der Waals surface area contributed by atoms with Crippen molar-refractivity contribution in [3.63, 3.8) is 0 Å². The Labute approximate surface area is 268 Å². The third kappa shape index (κ3) is 12.3. The average molecular weight is 639 g/mol. The first-order chi connectivity index (χ1) is 22.0. The molecule has 0 unspecified atom stereocenters. The van der Waals surface area contributed by atoms with Gasteiger partial charge < -0.3 is 30.7 Å². The summed E-state index contributed by atoms with van der Waals surface area (Å²) in [5.74, 6) is -2.70. The Morgan fingerprint density at radius 2 is 1.63 bits per heavy atom. The zero-order valence-electron chi connectivity index (χ0n) is 26.4. The lowest BCUT2D eigenvalue weighted by Gasteiger charge is -2.26. The maximum absolute atomic E-state index is 13.7. The number of hydrogen-bond acceptors (Lipinski definition) is 7. The molecule has 0 aliphatic carbocycles. The van der Waals surface area contributed by atoms with Gasteiger partial charge in [0.25, 0.3) is 0 Å². The first-order valence-electron chi connectivity index (χ1n) is 15.5. The standard InChI is InChI=1S/C34H43FN4O7/c1-4-45-30(40)15-14-27(20-25-16-17-36-31(25)41)37-32(42)28(18-22(2)3)38-33(43)29(19-23-10-12-26(35)13-11-23)39-34(44)46-21-24-8-6-5-7-9-24/h5-15,22,25,27-29H,4,16-21H2,1-3H3,(H,36,41)(H,37,42)(H,38,43)(H,39,44)/b15-14+/t25-,27+,28-,29-/m0/s1. The zero-order valence-corrected chi connectivity index (χ0v) is 26.4. The minimum atomic E-state index is -1.15. The molecule has 1 saturated heterocycles. The van der Waals surface area contributed by atoms with Crippen LogP contribution in [0.4, 0.5) is 9.18 Å². The van der Waals surface area contributed by atoms with E-state index < -0.39 is 47.8 Å². The number of carbonyl (C=O) groups excluding carboxylic acids is 5. The van der Waals surface area contributed by atoms with E-state index in [-0.39, 0.29) is 50.2 Å². The summed E-state index contributed by atoms with van der Waals surface area (Å²) in [4.78, 5) is 64.3. The smallest absolute Gasteiger partial charge is 0.408 e. The topological polar surface area (TPSA) is 152 Å². The number of esters is 1. The maximum atomic E-state index is 13.7. The van der Waals surface area contributed by atoms with E-state index in [2.05, 4.69) is 21.3 Å². The highest BCUT2D eigenvalue weighted by Crippen LogP contribution is 2.18. The van der Waals surface area contributed by atoms with Crippen molar-refractivity contribution in [3.8, 4) is 0 Å². The largest absolute Gasteiger partial charge is 0.463 e. The van der Waals surface area contributed by atoms with E-state index in [0.717, 1.165) is 5.56 Å². The maximum Gasteiger partial charge on any atom is 0.408 e. The van der Waals surface area contributed by atoms with Gasteiger partial charge in [-0.2, -0.15) is 0 Å². The first-order valence-corrected chi connectivity index (χ1v) is 15.5. The molecule has 46 heavy (non-hydrogen) atoms. The highest BCUT2D eigenvalue weighted by atomic mass is 19.1. The molecule has 2 aromatic carbocycles. The Bertz CT molecular complexity index is 1350. The number of rotatable bonds is 16. The quantitative estimate of drug-likeness (QED) is 0.163. The summed E-state index contributed by atoms with van der Waals surface area (Å²) >= 11 is 0. The highest BCUT2D eigenvalue weighted by molar-refractivity contribution is 5.92. The van der Waals surface area contributed by atoms with Gasteiger partial charge in [0.1, 0.15) is 24.5 Å². The van der Waals surface area contributed by atoms with Crippen molar-refractivity contribution < 1.29 is 37.8 Å². The van der Waals surface area contributed by atoms with E-state index in [4.69, 9.17) is 9.47 Å². The average Bonchev–Trinajstić information content (AvgIpc) is 3.43. The molecular weight excluding hydrogens is 595 g/mol. The van der Waals surface area contributed by atoms with Crippen LogP contribution >= 0.6 is 0 Å². The van der Waals surface area contributed by atoms with Gasteiger partial charge in [-0.15, -0.1) is 0 Å². The first kappa shape index (κ1) is 35.7. The van der Waals surface area contributed by atoms with E-state index in [1.165, 1.54) is 36.4 Å². The molecule has 0 radical (unpaired) electrons. The van der Waals surface area contributed by atoms with Gasteiger partial charge >= 0.3 is 12.1 Å². The van der Waals surface area contributed by atoms with Crippen LogP contribution < -0.4 is 21.3 Å². The van der Waals surface area contributed by atoms with Crippen LogP contribution in [-0.2, 0) is 41.7 Å².